The van der Waals surface area contributed by atoms with Crippen LogP contribution in [0.3, 0.4) is 0 Å². The van der Waals surface area contributed by atoms with Gasteiger partial charge in [-0.2, -0.15) is 0 Å². The van der Waals surface area contributed by atoms with Crippen molar-refractivity contribution in [1.29, 1.82) is 0 Å². The van der Waals surface area contributed by atoms with Crippen LogP contribution in [0.25, 0.3) is 50.8 Å². The van der Waals surface area contributed by atoms with E-state index in [1.54, 1.807) is 12.2 Å². The van der Waals surface area contributed by atoms with E-state index in [4.69, 9.17) is 19.9 Å². The van der Waals surface area contributed by atoms with E-state index in [0.717, 1.165) is 87.7 Å². The van der Waals surface area contributed by atoms with Gasteiger partial charge >= 0.3 is 0 Å². The molecule has 4 nitrogen and oxygen atoms in total. The van der Waals surface area contributed by atoms with Crippen LogP contribution in [0.1, 0.15) is 80.1 Å². The third-order valence-corrected chi connectivity index (χ3v) is 10.7. The predicted octanol–water partition coefficient (Wildman–Crippen LogP) is 13.2. The Hall–Kier alpha value is -6.26. The molecule has 1 fully saturated rings. The normalized spacial score (nSPS) is 15.8. The molecule has 272 valence electrons. The highest BCUT2D eigenvalue weighted by molar-refractivity contribution is 5.80. The first-order chi connectivity index (χ1) is 27.0. The van der Waals surface area contributed by atoms with E-state index in [0.29, 0.717) is 5.82 Å². The summed E-state index contributed by atoms with van der Waals surface area (Å²) in [6.07, 6.45) is 27.9. The van der Waals surface area contributed by atoms with Gasteiger partial charge in [0.1, 0.15) is 0 Å². The van der Waals surface area contributed by atoms with Crippen LogP contribution in [0, 0.1) is 0 Å². The number of benzene rings is 3. The molecular weight excluding hydrogens is 669 g/mol. The molecule has 3 aromatic carbocycles. The van der Waals surface area contributed by atoms with Crippen LogP contribution < -0.4 is 0 Å². The molecule has 0 unspecified atom stereocenters. The van der Waals surface area contributed by atoms with E-state index in [1.165, 1.54) is 30.4 Å². The summed E-state index contributed by atoms with van der Waals surface area (Å²) in [5, 5.41) is 0. The van der Waals surface area contributed by atoms with Crippen LogP contribution >= 0.6 is 0 Å². The minimum atomic E-state index is -0.0900. The van der Waals surface area contributed by atoms with Crippen molar-refractivity contribution in [3.8, 4) is 34.0 Å². The summed E-state index contributed by atoms with van der Waals surface area (Å²) in [6.45, 7) is 13.9. The van der Waals surface area contributed by atoms with Crippen LogP contribution in [-0.4, -0.2) is 19.9 Å². The molecule has 0 spiro atoms. The monoisotopic (exact) mass is 716 g/mol. The zero-order valence-corrected chi connectivity index (χ0v) is 31.8. The molecule has 0 atom stereocenters. The first kappa shape index (κ1) is 37.1. The molecule has 1 saturated carbocycles. The number of nitrogens with zero attached hydrogens (tertiary/aromatic N) is 4. The van der Waals surface area contributed by atoms with E-state index in [1.807, 2.05) is 49.4 Å². The fourth-order valence-corrected chi connectivity index (χ4v) is 7.85. The van der Waals surface area contributed by atoms with Crippen LogP contribution in [0.2, 0.25) is 0 Å². The second kappa shape index (κ2) is 17.3. The molecule has 2 heterocycles. The molecule has 55 heavy (non-hydrogen) atoms. The van der Waals surface area contributed by atoms with Crippen molar-refractivity contribution < 1.29 is 0 Å². The molecular formula is C51H48N4. The van der Waals surface area contributed by atoms with E-state index in [9.17, 15) is 0 Å². The van der Waals surface area contributed by atoms with Gasteiger partial charge < -0.3 is 0 Å². The predicted molar refractivity (Wildman–Crippen MR) is 232 cm³/mol. The fraction of sp³-hybridized carbons (Fsp3) is 0.176. The molecule has 2 aliphatic rings. The van der Waals surface area contributed by atoms with Gasteiger partial charge in [-0.05, 0) is 72.6 Å². The first-order valence-electron chi connectivity index (χ1n) is 19.4. The lowest BCUT2D eigenvalue weighted by Gasteiger charge is -2.39. The summed E-state index contributed by atoms with van der Waals surface area (Å²) in [4.78, 5) is 20.3. The summed E-state index contributed by atoms with van der Waals surface area (Å²) in [7, 11) is 0. The van der Waals surface area contributed by atoms with E-state index >= 15 is 0 Å². The van der Waals surface area contributed by atoms with Gasteiger partial charge in [0.2, 0.25) is 0 Å². The molecule has 0 N–H and O–H groups in total. The SMILES string of the molecule is C=C/C=C(\C=C)c1cc(C(/C=C\C)=C/C=C)nc(-c2ccc(C3(c4ccc(-c5nc(C6=CCCC=C6)cc(-c6ccccc6)n5)cc4)CCCCC3)cc2)n1. The maximum Gasteiger partial charge on any atom is 0.160 e. The maximum atomic E-state index is 5.11. The van der Waals surface area contributed by atoms with Crippen molar-refractivity contribution in [2.45, 2.75) is 57.3 Å². The molecule has 0 bridgehead atoms. The minimum Gasteiger partial charge on any atom is -0.228 e. The molecule has 4 heteroatoms. The quantitative estimate of drug-likeness (QED) is 0.121. The minimum absolute atomic E-state index is 0.0900. The third kappa shape index (κ3) is 8.14. The van der Waals surface area contributed by atoms with Gasteiger partial charge in [-0.1, -0.05) is 179 Å². The number of aromatic nitrogens is 4. The zero-order chi connectivity index (χ0) is 38.0. The maximum absolute atomic E-state index is 5.11. The number of hydrogen-bond acceptors (Lipinski definition) is 4. The van der Waals surface area contributed by atoms with Crippen LogP contribution in [0.4, 0.5) is 0 Å². The summed E-state index contributed by atoms with van der Waals surface area (Å²) in [5.74, 6) is 1.41. The average Bonchev–Trinajstić information content (AvgIpc) is 3.26. The Morgan fingerprint density at radius 3 is 1.80 bits per heavy atom. The second-order valence-corrected chi connectivity index (χ2v) is 14.1. The summed E-state index contributed by atoms with van der Waals surface area (Å²) >= 11 is 0. The van der Waals surface area contributed by atoms with Crippen LogP contribution in [-0.2, 0) is 5.41 Å². The van der Waals surface area contributed by atoms with Crippen LogP contribution in [0.15, 0.2) is 171 Å². The fourth-order valence-electron chi connectivity index (χ4n) is 7.85. The van der Waals surface area contributed by atoms with Gasteiger partial charge in [-0.15, -0.1) is 0 Å². The highest BCUT2D eigenvalue weighted by Crippen LogP contribution is 2.45. The number of allylic oxidation sites excluding steroid dienone is 13. The number of rotatable bonds is 12. The zero-order valence-electron chi connectivity index (χ0n) is 31.8. The summed E-state index contributed by atoms with van der Waals surface area (Å²) < 4.78 is 0. The lowest BCUT2D eigenvalue weighted by atomic mass is 9.65. The van der Waals surface area contributed by atoms with Gasteiger partial charge in [-0.3, -0.25) is 0 Å². The van der Waals surface area contributed by atoms with Gasteiger partial charge in [0.05, 0.1) is 22.8 Å². The molecule has 0 saturated heterocycles. The van der Waals surface area contributed by atoms with Crippen molar-refractivity contribution in [1.82, 2.24) is 19.9 Å². The van der Waals surface area contributed by atoms with E-state index < -0.39 is 0 Å². The average molecular weight is 717 g/mol. The molecule has 5 aromatic rings. The topological polar surface area (TPSA) is 51.6 Å². The van der Waals surface area contributed by atoms with Crippen molar-refractivity contribution >= 4 is 16.7 Å². The molecule has 0 aliphatic heterocycles. The smallest absolute Gasteiger partial charge is 0.160 e. The van der Waals surface area contributed by atoms with Crippen molar-refractivity contribution in [2.75, 3.05) is 0 Å². The molecule has 2 aromatic heterocycles. The Morgan fingerprint density at radius 2 is 1.22 bits per heavy atom. The molecule has 0 radical (unpaired) electrons. The largest absolute Gasteiger partial charge is 0.228 e. The molecule has 0 amide bonds. The number of hydrogen-bond donors (Lipinski definition) is 0. The first-order valence-corrected chi connectivity index (χ1v) is 19.4. The highest BCUT2D eigenvalue weighted by Gasteiger charge is 2.35. The third-order valence-electron chi connectivity index (χ3n) is 10.7. The Balaban J connectivity index is 1.25. The highest BCUT2D eigenvalue weighted by atomic mass is 14.9. The molecule has 7 rings (SSSR count). The van der Waals surface area contributed by atoms with Crippen molar-refractivity contribution in [3.63, 3.8) is 0 Å². The Morgan fingerprint density at radius 1 is 0.618 bits per heavy atom. The summed E-state index contributed by atoms with van der Waals surface area (Å²) in [5.41, 5.74) is 12.1. The van der Waals surface area contributed by atoms with Crippen LogP contribution in [0.5, 0.6) is 0 Å². The van der Waals surface area contributed by atoms with Gasteiger partial charge in [0.15, 0.2) is 11.6 Å². The van der Waals surface area contributed by atoms with Gasteiger partial charge in [-0.25, -0.2) is 19.9 Å². The van der Waals surface area contributed by atoms with Crippen molar-refractivity contribution in [2.24, 2.45) is 0 Å². The Kier molecular flexibility index (Phi) is 11.6. The van der Waals surface area contributed by atoms with Gasteiger partial charge in [0.25, 0.3) is 0 Å². The van der Waals surface area contributed by atoms with E-state index in [-0.39, 0.29) is 5.41 Å². The van der Waals surface area contributed by atoms with Crippen molar-refractivity contribution in [3.05, 3.63) is 200 Å². The molecule has 2 aliphatic carbocycles. The lowest BCUT2D eigenvalue weighted by molar-refractivity contribution is 0.346. The Labute approximate surface area is 326 Å². The van der Waals surface area contributed by atoms with Gasteiger partial charge in [0, 0.05) is 22.1 Å². The van der Waals surface area contributed by atoms with E-state index in [2.05, 4.69) is 117 Å². The Bertz CT molecular complexity index is 2330. The summed E-state index contributed by atoms with van der Waals surface area (Å²) in [6, 6.07) is 32.5. The second-order valence-electron chi connectivity index (χ2n) is 14.1. The lowest BCUT2D eigenvalue weighted by Crippen LogP contribution is -2.30. The standard InChI is InChI=1S/C51H48N4/c1-5-18-37(8-4)45-35-46(38(19-6-2)20-7-3)53-49(52-45)41-25-29-43(30-26-41)51(33-16-11-17-34-51)44-31-27-42(28-32-44)50-54-47(39-21-12-9-13-22-39)36-48(55-50)40-23-14-10-15-24-40/h5-9,12-14,18-32,35-36H,1-2,4,10-11,15-17,33-34H2,3H3/b20-7-,37-18+,38-19+.